The normalized spacial score (nSPS) is 12.1. The standard InChI is InChI=1S/C17H13Cl2N3O2/c1-10-2-4-11(5-3-10)16(19)13-7-6-12(8-14(13)18)22-17(24)21-15(23)9-20-22/h2-9,16H,1H3,(H,21,23,24). The van der Waals surface area contributed by atoms with Crippen LogP contribution in [0.1, 0.15) is 22.1 Å². The SMILES string of the molecule is Cc1ccc(C(Cl)c2ccc(-n3ncc(=O)[nH]c3=O)cc2Cl)cc1. The number of H-pyrrole nitrogens is 1. The van der Waals surface area contributed by atoms with Crippen LogP contribution in [-0.4, -0.2) is 14.8 Å². The molecule has 1 heterocycles. The van der Waals surface area contributed by atoms with Gasteiger partial charge in [0.1, 0.15) is 6.20 Å². The second-order valence-corrected chi connectivity index (χ2v) is 6.17. The Morgan fingerprint density at radius 2 is 1.83 bits per heavy atom. The van der Waals surface area contributed by atoms with E-state index in [4.69, 9.17) is 23.2 Å². The molecule has 5 nitrogen and oxygen atoms in total. The predicted octanol–water partition coefficient (Wildman–Crippen LogP) is 3.21. The van der Waals surface area contributed by atoms with Crippen LogP contribution in [0.15, 0.2) is 58.3 Å². The van der Waals surface area contributed by atoms with Gasteiger partial charge in [0.25, 0.3) is 5.56 Å². The van der Waals surface area contributed by atoms with Gasteiger partial charge in [-0.15, -0.1) is 11.6 Å². The number of aromatic amines is 1. The average molecular weight is 362 g/mol. The molecule has 3 rings (SSSR count). The zero-order valence-electron chi connectivity index (χ0n) is 12.7. The van der Waals surface area contributed by atoms with Gasteiger partial charge in [-0.05, 0) is 30.2 Å². The molecule has 0 saturated heterocycles. The van der Waals surface area contributed by atoms with Crippen molar-refractivity contribution in [3.63, 3.8) is 0 Å². The highest BCUT2D eigenvalue weighted by molar-refractivity contribution is 6.33. The third-order valence-electron chi connectivity index (χ3n) is 3.58. The Morgan fingerprint density at radius 1 is 1.12 bits per heavy atom. The third kappa shape index (κ3) is 3.27. The maximum absolute atomic E-state index is 11.8. The van der Waals surface area contributed by atoms with Gasteiger partial charge < -0.3 is 0 Å². The molecule has 0 bridgehead atoms. The molecule has 0 spiro atoms. The van der Waals surface area contributed by atoms with Crippen LogP contribution in [0.2, 0.25) is 5.02 Å². The number of nitrogens with one attached hydrogen (secondary N) is 1. The Kier molecular flexibility index (Phi) is 4.55. The summed E-state index contributed by atoms with van der Waals surface area (Å²) in [6.45, 7) is 2.00. The van der Waals surface area contributed by atoms with Crippen molar-refractivity contribution in [3.05, 3.63) is 91.2 Å². The minimum Gasteiger partial charge on any atom is -0.271 e. The molecule has 0 aliphatic rings. The van der Waals surface area contributed by atoms with Gasteiger partial charge in [0.15, 0.2) is 0 Å². The average Bonchev–Trinajstić information content (AvgIpc) is 2.55. The smallest absolute Gasteiger partial charge is 0.271 e. The van der Waals surface area contributed by atoms with Crippen LogP contribution in [0, 0.1) is 6.92 Å². The summed E-state index contributed by atoms with van der Waals surface area (Å²) in [6, 6.07) is 12.9. The Morgan fingerprint density at radius 3 is 2.46 bits per heavy atom. The minimum absolute atomic E-state index is 0.410. The van der Waals surface area contributed by atoms with E-state index in [2.05, 4.69) is 10.1 Å². The number of nitrogens with zero attached hydrogens (tertiary/aromatic N) is 2. The molecule has 1 N–H and O–H groups in total. The zero-order valence-corrected chi connectivity index (χ0v) is 14.2. The van der Waals surface area contributed by atoms with E-state index < -0.39 is 16.6 Å². The largest absolute Gasteiger partial charge is 0.349 e. The van der Waals surface area contributed by atoms with E-state index in [1.165, 1.54) is 0 Å². The van der Waals surface area contributed by atoms with Crippen molar-refractivity contribution in [1.82, 2.24) is 14.8 Å². The molecule has 0 amide bonds. The lowest BCUT2D eigenvalue weighted by molar-refractivity contribution is 0.749. The van der Waals surface area contributed by atoms with Crippen LogP contribution in [0.25, 0.3) is 5.69 Å². The van der Waals surface area contributed by atoms with Crippen molar-refractivity contribution in [3.8, 4) is 5.69 Å². The van der Waals surface area contributed by atoms with Gasteiger partial charge in [0.2, 0.25) is 0 Å². The van der Waals surface area contributed by atoms with E-state index >= 15 is 0 Å². The van der Waals surface area contributed by atoms with E-state index in [1.54, 1.807) is 18.2 Å². The van der Waals surface area contributed by atoms with Crippen LogP contribution in [0.4, 0.5) is 0 Å². The van der Waals surface area contributed by atoms with Crippen LogP contribution in [0.3, 0.4) is 0 Å². The summed E-state index contributed by atoms with van der Waals surface area (Å²) in [6.07, 6.45) is 1.03. The first-order chi connectivity index (χ1) is 11.5. The molecule has 0 aliphatic carbocycles. The predicted molar refractivity (Wildman–Crippen MR) is 94.3 cm³/mol. The number of hydrogen-bond acceptors (Lipinski definition) is 3. The van der Waals surface area contributed by atoms with Crippen molar-refractivity contribution < 1.29 is 0 Å². The van der Waals surface area contributed by atoms with Crippen molar-refractivity contribution in [2.24, 2.45) is 0 Å². The van der Waals surface area contributed by atoms with Gasteiger partial charge in [0, 0.05) is 5.02 Å². The number of halogens is 2. The Balaban J connectivity index is 1.99. The van der Waals surface area contributed by atoms with Crippen LogP contribution in [0.5, 0.6) is 0 Å². The molecule has 0 saturated carbocycles. The molecular formula is C17H13Cl2N3O2. The van der Waals surface area contributed by atoms with E-state index in [1.807, 2.05) is 31.2 Å². The van der Waals surface area contributed by atoms with Crippen LogP contribution in [-0.2, 0) is 0 Å². The molecule has 0 radical (unpaired) electrons. The van der Waals surface area contributed by atoms with E-state index in [0.717, 1.165) is 27.6 Å². The molecule has 2 aromatic carbocycles. The van der Waals surface area contributed by atoms with E-state index in [0.29, 0.717) is 10.7 Å². The lowest BCUT2D eigenvalue weighted by Gasteiger charge is -2.14. The first-order valence-corrected chi connectivity index (χ1v) is 7.96. The van der Waals surface area contributed by atoms with Crippen LogP contribution >= 0.6 is 23.2 Å². The van der Waals surface area contributed by atoms with E-state index in [-0.39, 0.29) is 0 Å². The van der Waals surface area contributed by atoms with Gasteiger partial charge in [0.05, 0.1) is 11.1 Å². The van der Waals surface area contributed by atoms with Gasteiger partial charge in [-0.1, -0.05) is 47.5 Å². The van der Waals surface area contributed by atoms with Gasteiger partial charge >= 0.3 is 5.69 Å². The maximum atomic E-state index is 11.8. The molecule has 1 atom stereocenters. The van der Waals surface area contributed by atoms with Gasteiger partial charge in [-0.25, -0.2) is 4.79 Å². The molecular weight excluding hydrogens is 349 g/mol. The summed E-state index contributed by atoms with van der Waals surface area (Å²) < 4.78 is 1.06. The number of benzene rings is 2. The van der Waals surface area contributed by atoms with Crippen molar-refractivity contribution >= 4 is 23.2 Å². The number of alkyl halides is 1. The molecule has 0 aliphatic heterocycles. The van der Waals surface area contributed by atoms with Crippen molar-refractivity contribution in [2.45, 2.75) is 12.3 Å². The first kappa shape index (κ1) is 16.5. The molecule has 7 heteroatoms. The van der Waals surface area contributed by atoms with Gasteiger partial charge in [-0.3, -0.25) is 9.78 Å². The summed E-state index contributed by atoms with van der Waals surface area (Å²) in [5, 5.41) is 3.80. The molecule has 3 aromatic rings. The molecule has 1 unspecified atom stereocenters. The Hall–Kier alpha value is -2.37. The number of aromatic nitrogens is 3. The number of aryl methyl sites for hydroxylation is 1. The summed E-state index contributed by atoms with van der Waals surface area (Å²) in [7, 11) is 0. The number of rotatable bonds is 3. The maximum Gasteiger partial charge on any atom is 0.349 e. The lowest BCUT2D eigenvalue weighted by Crippen LogP contribution is -2.30. The summed E-state index contributed by atoms with van der Waals surface area (Å²) in [4.78, 5) is 25.0. The molecule has 0 fully saturated rings. The number of hydrogen-bond donors (Lipinski definition) is 1. The monoisotopic (exact) mass is 361 g/mol. The van der Waals surface area contributed by atoms with Gasteiger partial charge in [-0.2, -0.15) is 9.78 Å². The van der Waals surface area contributed by atoms with Crippen molar-refractivity contribution in [2.75, 3.05) is 0 Å². The topological polar surface area (TPSA) is 67.8 Å². The van der Waals surface area contributed by atoms with Crippen molar-refractivity contribution in [1.29, 1.82) is 0 Å². The summed E-state index contributed by atoms with van der Waals surface area (Å²) in [5.41, 5.74) is 2.05. The lowest BCUT2D eigenvalue weighted by atomic mass is 10.0. The summed E-state index contributed by atoms with van der Waals surface area (Å²) >= 11 is 12.9. The van der Waals surface area contributed by atoms with Crippen LogP contribution < -0.4 is 11.2 Å². The quantitative estimate of drug-likeness (QED) is 0.728. The first-order valence-electron chi connectivity index (χ1n) is 7.15. The minimum atomic E-state index is -0.632. The molecule has 1 aromatic heterocycles. The molecule has 24 heavy (non-hydrogen) atoms. The second-order valence-electron chi connectivity index (χ2n) is 5.33. The zero-order chi connectivity index (χ0) is 17.3. The fourth-order valence-electron chi connectivity index (χ4n) is 2.31. The highest BCUT2D eigenvalue weighted by atomic mass is 35.5. The Labute approximate surface area is 147 Å². The van der Waals surface area contributed by atoms with E-state index in [9.17, 15) is 9.59 Å². The highest BCUT2D eigenvalue weighted by Crippen LogP contribution is 2.34. The Bertz CT molecular complexity index is 994. The fraction of sp³-hybridized carbons (Fsp3) is 0.118. The third-order valence-corrected chi connectivity index (χ3v) is 4.40. The fourth-order valence-corrected chi connectivity index (χ4v) is 2.98. The molecule has 122 valence electrons. The second kappa shape index (κ2) is 6.63. The summed E-state index contributed by atoms with van der Waals surface area (Å²) in [5.74, 6) is 0. The highest BCUT2D eigenvalue weighted by Gasteiger charge is 2.15.